The van der Waals surface area contributed by atoms with Gasteiger partial charge in [-0.15, -0.1) is 12.4 Å². The summed E-state index contributed by atoms with van der Waals surface area (Å²) in [5.41, 5.74) is 2.76. The molecule has 2 heterocycles. The molecule has 3 aromatic rings. The Kier molecular flexibility index (Phi) is 9.64. The lowest BCUT2D eigenvalue weighted by molar-refractivity contribution is -0.0492. The fourth-order valence-electron chi connectivity index (χ4n) is 6.25. The van der Waals surface area contributed by atoms with Gasteiger partial charge in [0, 0.05) is 31.2 Å². The summed E-state index contributed by atoms with van der Waals surface area (Å²) < 4.78 is 2.13. The summed E-state index contributed by atoms with van der Waals surface area (Å²) >= 11 is 0. The number of imidazole rings is 1. The summed E-state index contributed by atoms with van der Waals surface area (Å²) in [4.78, 5) is 21.0. The second-order valence-corrected chi connectivity index (χ2v) is 10.7. The van der Waals surface area contributed by atoms with Crippen LogP contribution in [0.3, 0.4) is 0 Å². The summed E-state index contributed by atoms with van der Waals surface area (Å²) in [6, 6.07) is 20.5. The van der Waals surface area contributed by atoms with Crippen molar-refractivity contribution in [3.63, 3.8) is 0 Å². The molecule has 0 unspecified atom stereocenters. The zero-order valence-electron chi connectivity index (χ0n) is 22.4. The van der Waals surface area contributed by atoms with E-state index in [9.17, 15) is 9.90 Å². The first kappa shape index (κ1) is 28.3. The van der Waals surface area contributed by atoms with Crippen LogP contribution in [0.2, 0.25) is 0 Å². The van der Waals surface area contributed by atoms with Crippen molar-refractivity contribution >= 4 is 18.3 Å². The summed E-state index contributed by atoms with van der Waals surface area (Å²) in [6.07, 6.45) is 9.26. The molecule has 2 aliphatic rings. The minimum absolute atomic E-state index is 0. The largest absolute Gasteiger partial charge is 0.388 e. The van der Waals surface area contributed by atoms with Crippen molar-refractivity contribution in [3.05, 3.63) is 78.2 Å². The highest BCUT2D eigenvalue weighted by Gasteiger charge is 2.41. The van der Waals surface area contributed by atoms with Gasteiger partial charge in [0.1, 0.15) is 0 Å². The fourth-order valence-corrected chi connectivity index (χ4v) is 6.25. The normalized spacial score (nSPS) is 23.6. The van der Waals surface area contributed by atoms with Gasteiger partial charge in [-0.05, 0) is 31.2 Å². The molecule has 0 spiro atoms. The van der Waals surface area contributed by atoms with E-state index in [1.54, 1.807) is 0 Å². The van der Waals surface area contributed by atoms with Crippen molar-refractivity contribution in [2.24, 2.45) is 0 Å². The van der Waals surface area contributed by atoms with Gasteiger partial charge in [-0.25, -0.2) is 4.98 Å². The van der Waals surface area contributed by atoms with E-state index in [1.165, 1.54) is 5.56 Å². The molecule has 1 saturated carbocycles. The maximum atomic E-state index is 14.2. The summed E-state index contributed by atoms with van der Waals surface area (Å²) in [5.74, 6) is -0.0204. The number of hydrogen-bond donors (Lipinski definition) is 2. The van der Waals surface area contributed by atoms with E-state index in [4.69, 9.17) is 4.98 Å². The van der Waals surface area contributed by atoms with E-state index >= 15 is 0 Å². The Hall–Kier alpha value is -2.67. The molecule has 0 bridgehead atoms. The number of rotatable bonds is 8. The Morgan fingerprint density at radius 3 is 2.58 bits per heavy atom. The van der Waals surface area contributed by atoms with E-state index < -0.39 is 5.60 Å². The molecule has 1 amide bonds. The lowest BCUT2D eigenvalue weighted by Crippen LogP contribution is -2.54. The highest BCUT2D eigenvalue weighted by atomic mass is 35.5. The second kappa shape index (κ2) is 12.9. The molecule has 2 aromatic carbocycles. The first-order valence-corrected chi connectivity index (χ1v) is 14.0. The lowest BCUT2D eigenvalue weighted by Gasteiger charge is -2.41. The molecule has 1 aliphatic heterocycles. The number of piperazine rings is 1. The molecule has 5 rings (SSSR count). The van der Waals surface area contributed by atoms with Crippen molar-refractivity contribution in [3.8, 4) is 11.3 Å². The van der Waals surface area contributed by atoms with Crippen LogP contribution in [0.5, 0.6) is 0 Å². The van der Waals surface area contributed by atoms with E-state index in [-0.39, 0.29) is 30.4 Å². The van der Waals surface area contributed by atoms with Crippen molar-refractivity contribution in [2.45, 2.75) is 76.0 Å². The molecule has 3 atom stereocenters. The molecular weight excluding hydrogens is 496 g/mol. The number of aromatic nitrogens is 2. The number of amides is 1. The van der Waals surface area contributed by atoms with Crippen LogP contribution in [0.4, 0.5) is 0 Å². The monoisotopic (exact) mass is 536 g/mol. The number of nitrogens with one attached hydrogen (secondary N) is 1. The van der Waals surface area contributed by atoms with E-state index in [2.05, 4.69) is 53.2 Å². The van der Waals surface area contributed by atoms with E-state index in [0.29, 0.717) is 12.2 Å². The number of aliphatic hydroxyl groups is 1. The highest BCUT2D eigenvalue weighted by molar-refractivity contribution is 5.98. The van der Waals surface area contributed by atoms with Gasteiger partial charge in [-0.3, -0.25) is 4.79 Å². The zero-order valence-corrected chi connectivity index (χ0v) is 23.2. The predicted molar refractivity (Wildman–Crippen MR) is 155 cm³/mol. The average Bonchev–Trinajstić information content (AvgIpc) is 3.38. The van der Waals surface area contributed by atoms with Crippen molar-refractivity contribution in [2.75, 3.05) is 19.6 Å². The Morgan fingerprint density at radius 2 is 1.84 bits per heavy atom. The number of carbonyl (C=O) groups is 1. The molecule has 1 aliphatic carbocycles. The molecule has 1 saturated heterocycles. The van der Waals surface area contributed by atoms with Crippen LogP contribution < -0.4 is 5.32 Å². The second-order valence-electron chi connectivity index (χ2n) is 10.7. The first-order chi connectivity index (χ1) is 18.1. The number of nitrogens with zero attached hydrogens (tertiary/aromatic N) is 3. The Morgan fingerprint density at radius 1 is 1.11 bits per heavy atom. The smallest absolute Gasteiger partial charge is 0.275 e. The maximum absolute atomic E-state index is 14.2. The van der Waals surface area contributed by atoms with Gasteiger partial charge < -0.3 is 19.9 Å². The topological polar surface area (TPSA) is 70.4 Å². The van der Waals surface area contributed by atoms with Gasteiger partial charge in [-0.1, -0.05) is 93.3 Å². The SMILES string of the molecule is CCCC[C@]1(O)CCCC[C@H]1n1cnc(C(=O)N2CCNC[C@H]2Cc2ccccc2)c1-c1ccccc1.Cl. The van der Waals surface area contributed by atoms with Crippen LogP contribution in [0.25, 0.3) is 11.3 Å². The van der Waals surface area contributed by atoms with Gasteiger partial charge in [0.25, 0.3) is 5.91 Å². The van der Waals surface area contributed by atoms with E-state index in [1.807, 2.05) is 35.5 Å². The Labute approximate surface area is 232 Å². The number of halogens is 1. The molecule has 1 aromatic heterocycles. The average molecular weight is 537 g/mol. The number of unbranched alkanes of at least 4 members (excludes halogenated alkanes) is 1. The third-order valence-electron chi connectivity index (χ3n) is 8.23. The maximum Gasteiger partial charge on any atom is 0.275 e. The van der Waals surface area contributed by atoms with Gasteiger partial charge in [0.15, 0.2) is 5.69 Å². The highest BCUT2D eigenvalue weighted by Crippen LogP contribution is 2.43. The quantitative estimate of drug-likeness (QED) is 0.389. The molecule has 2 N–H and O–H groups in total. The van der Waals surface area contributed by atoms with Crippen LogP contribution in [-0.2, 0) is 6.42 Å². The molecule has 2 fully saturated rings. The summed E-state index contributed by atoms with van der Waals surface area (Å²) in [6.45, 7) is 4.37. The van der Waals surface area contributed by atoms with Gasteiger partial charge in [0.2, 0.25) is 0 Å². The van der Waals surface area contributed by atoms with Crippen molar-refractivity contribution < 1.29 is 9.90 Å². The van der Waals surface area contributed by atoms with Crippen molar-refractivity contribution in [1.29, 1.82) is 0 Å². The zero-order chi connectivity index (χ0) is 25.7. The van der Waals surface area contributed by atoms with Crippen LogP contribution in [0, 0.1) is 0 Å². The first-order valence-electron chi connectivity index (χ1n) is 14.0. The number of hydrogen-bond acceptors (Lipinski definition) is 4. The number of carbonyl (C=O) groups excluding carboxylic acids is 1. The summed E-state index contributed by atoms with van der Waals surface area (Å²) in [7, 11) is 0. The van der Waals surface area contributed by atoms with Gasteiger partial charge in [0.05, 0.1) is 23.7 Å². The van der Waals surface area contributed by atoms with Crippen LogP contribution >= 0.6 is 12.4 Å². The van der Waals surface area contributed by atoms with Gasteiger partial charge >= 0.3 is 0 Å². The molecule has 6 nitrogen and oxygen atoms in total. The lowest BCUT2D eigenvalue weighted by atomic mass is 9.77. The molecule has 38 heavy (non-hydrogen) atoms. The minimum atomic E-state index is -0.774. The molecule has 0 radical (unpaired) electrons. The summed E-state index contributed by atoms with van der Waals surface area (Å²) in [5, 5.41) is 15.3. The van der Waals surface area contributed by atoms with E-state index in [0.717, 1.165) is 75.7 Å². The Bertz CT molecular complexity index is 1170. The predicted octanol–water partition coefficient (Wildman–Crippen LogP) is 5.67. The van der Waals surface area contributed by atoms with Crippen LogP contribution in [0.1, 0.15) is 74.0 Å². The van der Waals surface area contributed by atoms with Gasteiger partial charge in [-0.2, -0.15) is 0 Å². The van der Waals surface area contributed by atoms with Crippen molar-refractivity contribution in [1.82, 2.24) is 19.8 Å². The Balaban J connectivity index is 0.00000336. The minimum Gasteiger partial charge on any atom is -0.388 e. The standard InChI is InChI=1S/C31H40N4O2.ClH/c1-2-3-17-31(37)18-11-10-16-27(31)35-23-33-28(29(35)25-14-8-5-9-15-25)30(36)34-20-19-32-22-26(34)21-24-12-6-4-7-13-24;/h4-9,12-15,23,26-27,32,37H,2-3,10-11,16-22H2,1H3;1H/t26-,27-,31+;/m1./s1. The molecule has 7 heteroatoms. The third kappa shape index (κ3) is 5.98. The third-order valence-corrected chi connectivity index (χ3v) is 8.23. The molecular formula is C31H41ClN4O2. The van der Waals surface area contributed by atoms with Crippen LogP contribution in [0.15, 0.2) is 67.0 Å². The fraction of sp³-hybridized carbons (Fsp3) is 0.484. The molecule has 204 valence electrons. The number of benzene rings is 2. The van der Waals surface area contributed by atoms with Crippen LogP contribution in [-0.4, -0.2) is 56.7 Å².